The molecule has 1 heterocycles. The van der Waals surface area contributed by atoms with Crippen molar-refractivity contribution in [2.45, 2.75) is 13.0 Å². The molecule has 21 heavy (non-hydrogen) atoms. The van der Waals surface area contributed by atoms with E-state index in [0.29, 0.717) is 0 Å². The average molecular weight is 298 g/mol. The molecule has 0 aromatic carbocycles. The molecule has 8 heteroatoms. The third kappa shape index (κ3) is 5.27. The van der Waals surface area contributed by atoms with Crippen LogP contribution in [0, 0.1) is 0 Å². The van der Waals surface area contributed by atoms with Crippen LogP contribution >= 0.6 is 0 Å². The summed E-state index contributed by atoms with van der Waals surface area (Å²) in [4.78, 5) is 35.8. The number of hydrogen-bond donors (Lipinski definition) is 2. The lowest BCUT2D eigenvalue weighted by molar-refractivity contribution is -0.145. The van der Waals surface area contributed by atoms with Gasteiger partial charge in [0.05, 0.1) is 12.9 Å². The summed E-state index contributed by atoms with van der Waals surface area (Å²) in [6.45, 7) is 1.36. The highest BCUT2D eigenvalue weighted by Gasteiger charge is 2.24. The molecule has 116 valence electrons. The number of nitrogens with one attached hydrogen (secondary N) is 1. The zero-order valence-electron chi connectivity index (χ0n) is 11.9. The molecule has 0 aliphatic rings. The summed E-state index contributed by atoms with van der Waals surface area (Å²) in [5, 5.41) is 11.3. The Labute approximate surface area is 121 Å². The number of ether oxygens (including phenoxy) is 1. The monoisotopic (exact) mass is 298 g/mol. The van der Waals surface area contributed by atoms with E-state index in [1.165, 1.54) is 26.4 Å². The Morgan fingerprint density at radius 1 is 1.48 bits per heavy atom. The van der Waals surface area contributed by atoms with Crippen molar-refractivity contribution in [3.8, 4) is 0 Å². The molecular weight excluding hydrogens is 280 g/mol. The molecular formula is C13H18N2O6. The van der Waals surface area contributed by atoms with Crippen molar-refractivity contribution in [1.82, 2.24) is 10.2 Å². The van der Waals surface area contributed by atoms with Crippen LogP contribution in [-0.2, 0) is 14.3 Å². The van der Waals surface area contributed by atoms with Crippen molar-refractivity contribution in [2.75, 3.05) is 26.8 Å². The van der Waals surface area contributed by atoms with Gasteiger partial charge in [0, 0.05) is 13.7 Å². The van der Waals surface area contributed by atoms with Crippen LogP contribution in [-0.4, -0.2) is 60.6 Å². The fraction of sp³-hybridized carbons (Fsp3) is 0.462. The largest absolute Gasteiger partial charge is 0.480 e. The molecule has 2 amide bonds. The van der Waals surface area contributed by atoms with E-state index in [1.54, 1.807) is 6.07 Å². The molecule has 1 aromatic rings. The van der Waals surface area contributed by atoms with Crippen LogP contribution in [0.2, 0.25) is 0 Å². The zero-order valence-corrected chi connectivity index (χ0v) is 11.9. The lowest BCUT2D eigenvalue weighted by atomic mass is 10.2. The summed E-state index contributed by atoms with van der Waals surface area (Å²) < 4.78 is 9.75. The lowest BCUT2D eigenvalue weighted by Crippen LogP contribution is -2.49. The maximum Gasteiger partial charge on any atom is 0.323 e. The van der Waals surface area contributed by atoms with Crippen LogP contribution in [0.3, 0.4) is 0 Å². The quantitative estimate of drug-likeness (QED) is 0.697. The Hall–Kier alpha value is -2.35. The van der Waals surface area contributed by atoms with Crippen LogP contribution < -0.4 is 5.32 Å². The standard InChI is InChI=1S/C13H18N2O6/c1-9(14-12(18)10-4-3-6-21-10)13(19)15(5-7-20-2)8-11(16)17/h3-4,6,9H,5,7-8H2,1-2H3,(H,14,18)(H,16,17)/t9-/m0/s1. The Morgan fingerprint density at radius 3 is 2.71 bits per heavy atom. The molecule has 0 unspecified atom stereocenters. The number of hydrogen-bond acceptors (Lipinski definition) is 5. The normalized spacial score (nSPS) is 11.7. The second-order valence-electron chi connectivity index (χ2n) is 4.32. The highest BCUT2D eigenvalue weighted by Crippen LogP contribution is 2.02. The molecule has 0 radical (unpaired) electrons. The number of nitrogens with zero attached hydrogens (tertiary/aromatic N) is 1. The number of aliphatic carboxylic acids is 1. The highest BCUT2D eigenvalue weighted by molar-refractivity contribution is 5.95. The van der Waals surface area contributed by atoms with Crippen molar-refractivity contribution in [1.29, 1.82) is 0 Å². The first-order valence-electron chi connectivity index (χ1n) is 6.29. The van der Waals surface area contributed by atoms with Crippen LogP contribution in [0.4, 0.5) is 0 Å². The number of carbonyl (C=O) groups excluding carboxylic acids is 2. The van der Waals surface area contributed by atoms with E-state index < -0.39 is 30.4 Å². The highest BCUT2D eigenvalue weighted by atomic mass is 16.5. The van der Waals surface area contributed by atoms with Gasteiger partial charge in [0.15, 0.2) is 5.76 Å². The van der Waals surface area contributed by atoms with Gasteiger partial charge in [-0.15, -0.1) is 0 Å². The van der Waals surface area contributed by atoms with Crippen LogP contribution in [0.1, 0.15) is 17.5 Å². The summed E-state index contributed by atoms with van der Waals surface area (Å²) in [6, 6.07) is 2.14. The van der Waals surface area contributed by atoms with Gasteiger partial charge >= 0.3 is 5.97 Å². The molecule has 1 aromatic heterocycles. The van der Waals surface area contributed by atoms with Gasteiger partial charge in [-0.2, -0.15) is 0 Å². The Kier molecular flexibility index (Phi) is 6.41. The van der Waals surface area contributed by atoms with Crippen molar-refractivity contribution >= 4 is 17.8 Å². The molecule has 0 aliphatic heterocycles. The van der Waals surface area contributed by atoms with Gasteiger partial charge in [-0.1, -0.05) is 0 Å². The molecule has 0 fully saturated rings. The van der Waals surface area contributed by atoms with Gasteiger partial charge in [-0.3, -0.25) is 14.4 Å². The van der Waals surface area contributed by atoms with Crippen LogP contribution in [0.25, 0.3) is 0 Å². The maximum atomic E-state index is 12.2. The van der Waals surface area contributed by atoms with E-state index in [0.717, 1.165) is 4.90 Å². The van der Waals surface area contributed by atoms with Crippen LogP contribution in [0.15, 0.2) is 22.8 Å². The third-order valence-corrected chi connectivity index (χ3v) is 2.67. The van der Waals surface area contributed by atoms with E-state index in [-0.39, 0.29) is 18.9 Å². The van der Waals surface area contributed by atoms with E-state index >= 15 is 0 Å². The van der Waals surface area contributed by atoms with Gasteiger partial charge in [0.1, 0.15) is 12.6 Å². The SMILES string of the molecule is COCCN(CC(=O)O)C(=O)[C@H](C)NC(=O)c1ccco1. The molecule has 0 spiro atoms. The second-order valence-corrected chi connectivity index (χ2v) is 4.32. The van der Waals surface area contributed by atoms with Gasteiger partial charge in [-0.25, -0.2) is 0 Å². The number of rotatable bonds is 8. The predicted octanol–water partition coefficient (Wildman–Crippen LogP) is -0.0425. The number of furan rings is 1. The smallest absolute Gasteiger partial charge is 0.323 e. The molecule has 0 bridgehead atoms. The van der Waals surface area contributed by atoms with E-state index in [4.69, 9.17) is 14.3 Å². The molecule has 1 atom stereocenters. The Morgan fingerprint density at radius 2 is 2.19 bits per heavy atom. The minimum Gasteiger partial charge on any atom is -0.480 e. The summed E-state index contributed by atoms with van der Waals surface area (Å²) in [7, 11) is 1.45. The zero-order chi connectivity index (χ0) is 15.8. The van der Waals surface area contributed by atoms with Crippen LogP contribution in [0.5, 0.6) is 0 Å². The molecule has 2 N–H and O–H groups in total. The first-order valence-corrected chi connectivity index (χ1v) is 6.29. The maximum absolute atomic E-state index is 12.2. The first-order chi connectivity index (χ1) is 9.95. The number of carboxylic acids is 1. The summed E-state index contributed by atoms with van der Waals surface area (Å²) >= 11 is 0. The molecule has 0 saturated heterocycles. The molecule has 0 saturated carbocycles. The third-order valence-electron chi connectivity index (χ3n) is 2.67. The number of carboxylic acid groups (broad SMARTS) is 1. The fourth-order valence-corrected chi connectivity index (χ4v) is 1.64. The predicted molar refractivity (Wildman–Crippen MR) is 71.7 cm³/mol. The molecule has 8 nitrogen and oxygen atoms in total. The minimum absolute atomic E-state index is 0.0799. The second kappa shape index (κ2) is 8.05. The van der Waals surface area contributed by atoms with Gasteiger partial charge in [0.25, 0.3) is 5.91 Å². The Bertz CT molecular complexity index is 485. The topological polar surface area (TPSA) is 109 Å². The first kappa shape index (κ1) is 16.7. The van der Waals surface area contributed by atoms with Crippen molar-refractivity contribution in [3.63, 3.8) is 0 Å². The van der Waals surface area contributed by atoms with Crippen molar-refractivity contribution in [2.24, 2.45) is 0 Å². The van der Waals surface area contributed by atoms with Gasteiger partial charge < -0.3 is 24.5 Å². The minimum atomic E-state index is -1.14. The van der Waals surface area contributed by atoms with E-state index in [9.17, 15) is 14.4 Å². The van der Waals surface area contributed by atoms with E-state index in [1.807, 2.05) is 0 Å². The summed E-state index contributed by atoms with van der Waals surface area (Å²) in [6.07, 6.45) is 1.34. The van der Waals surface area contributed by atoms with Gasteiger partial charge in [-0.05, 0) is 19.1 Å². The summed E-state index contributed by atoms with van der Waals surface area (Å²) in [5.74, 6) is -2.10. The molecule has 1 rings (SSSR count). The number of methoxy groups -OCH3 is 1. The van der Waals surface area contributed by atoms with Crippen molar-refractivity contribution in [3.05, 3.63) is 24.2 Å². The number of carbonyl (C=O) groups is 3. The lowest BCUT2D eigenvalue weighted by Gasteiger charge is -2.24. The molecule has 0 aliphatic carbocycles. The fourth-order valence-electron chi connectivity index (χ4n) is 1.64. The summed E-state index contributed by atoms with van der Waals surface area (Å²) in [5.41, 5.74) is 0. The van der Waals surface area contributed by atoms with Gasteiger partial charge in [0.2, 0.25) is 5.91 Å². The van der Waals surface area contributed by atoms with Crippen molar-refractivity contribution < 1.29 is 28.6 Å². The van der Waals surface area contributed by atoms with E-state index in [2.05, 4.69) is 5.32 Å². The average Bonchev–Trinajstić information content (AvgIpc) is 2.96. The Balaban J connectivity index is 2.64. The number of amides is 2.